The van der Waals surface area contributed by atoms with Gasteiger partial charge in [-0.15, -0.1) is 0 Å². The van der Waals surface area contributed by atoms with Crippen molar-refractivity contribution < 1.29 is 13.7 Å². The maximum absolute atomic E-state index is 12.8. The maximum Gasteiger partial charge on any atom is 0.324 e. The minimum absolute atomic E-state index is 0.0251. The largest absolute Gasteiger partial charge is 0.468 e. The van der Waals surface area contributed by atoms with Crippen LogP contribution in [0.5, 0.6) is 0 Å². The highest BCUT2D eigenvalue weighted by molar-refractivity contribution is 7.83. The second-order valence-electron chi connectivity index (χ2n) is 7.80. The molecule has 6 heteroatoms. The van der Waals surface area contributed by atoms with E-state index in [1.807, 2.05) is 54.7 Å². The first-order chi connectivity index (χ1) is 13.3. The Bertz CT molecular complexity index is 987. The number of aromatic nitrogens is 1. The van der Waals surface area contributed by atoms with Crippen LogP contribution in [-0.2, 0) is 32.4 Å². The van der Waals surface area contributed by atoms with Crippen molar-refractivity contribution in [2.75, 3.05) is 7.11 Å². The van der Waals surface area contributed by atoms with E-state index in [9.17, 15) is 9.00 Å². The summed E-state index contributed by atoms with van der Waals surface area (Å²) in [6.07, 6.45) is 2.26. The fourth-order valence-electron chi connectivity index (χ4n) is 3.11. The van der Waals surface area contributed by atoms with Crippen molar-refractivity contribution in [2.24, 2.45) is 0 Å². The Morgan fingerprint density at radius 3 is 2.46 bits per heavy atom. The van der Waals surface area contributed by atoms with Crippen molar-refractivity contribution in [2.45, 2.75) is 43.5 Å². The van der Waals surface area contributed by atoms with Gasteiger partial charge in [0.15, 0.2) is 0 Å². The number of carbonyl (C=O) groups excluding carboxylic acids is 1. The van der Waals surface area contributed by atoms with Gasteiger partial charge in [0.25, 0.3) is 0 Å². The molecule has 0 saturated heterocycles. The molecule has 1 aromatic heterocycles. The van der Waals surface area contributed by atoms with Gasteiger partial charge >= 0.3 is 5.97 Å². The summed E-state index contributed by atoms with van der Waals surface area (Å²) in [5.74, 6) is -0.440. The summed E-state index contributed by atoms with van der Waals surface area (Å²) in [6, 6.07) is 14.8. The molecule has 0 aliphatic heterocycles. The normalized spacial score (nSPS) is 14.0. The third-order valence-electron chi connectivity index (χ3n) is 4.77. The van der Waals surface area contributed by atoms with Crippen LogP contribution in [0.4, 0.5) is 0 Å². The number of aromatic amines is 1. The molecule has 5 nitrogen and oxygen atoms in total. The monoisotopic (exact) mass is 398 g/mol. The zero-order valence-corrected chi connectivity index (χ0v) is 17.4. The predicted molar refractivity (Wildman–Crippen MR) is 112 cm³/mol. The summed E-state index contributed by atoms with van der Waals surface area (Å²) in [5.41, 5.74) is 3.16. The Morgan fingerprint density at radius 1 is 1.14 bits per heavy atom. The van der Waals surface area contributed by atoms with Crippen LogP contribution < -0.4 is 4.72 Å². The van der Waals surface area contributed by atoms with Crippen LogP contribution in [0.1, 0.15) is 31.9 Å². The number of hydrogen-bond acceptors (Lipinski definition) is 3. The number of benzene rings is 2. The lowest BCUT2D eigenvalue weighted by molar-refractivity contribution is -0.142. The number of carbonyl (C=O) groups is 1. The first-order valence-corrected chi connectivity index (χ1v) is 10.4. The predicted octanol–water partition coefficient (Wildman–Crippen LogP) is 3.86. The fraction of sp³-hybridized carbons (Fsp3) is 0.318. The van der Waals surface area contributed by atoms with Crippen molar-refractivity contribution in [1.29, 1.82) is 0 Å². The third-order valence-corrected chi connectivity index (χ3v) is 5.97. The van der Waals surface area contributed by atoms with Crippen LogP contribution in [0, 0.1) is 0 Å². The molecule has 0 spiro atoms. The number of ether oxygens (including phenoxy) is 1. The van der Waals surface area contributed by atoms with E-state index in [1.165, 1.54) is 7.11 Å². The number of fused-ring (bicyclic) bond motifs is 1. The Balaban J connectivity index is 1.79. The third kappa shape index (κ3) is 4.51. The molecule has 0 saturated carbocycles. The van der Waals surface area contributed by atoms with Gasteiger partial charge in [0, 0.05) is 23.5 Å². The quantitative estimate of drug-likeness (QED) is 0.620. The summed E-state index contributed by atoms with van der Waals surface area (Å²) < 4.78 is 20.7. The number of methoxy groups -OCH3 is 1. The van der Waals surface area contributed by atoms with E-state index in [2.05, 4.69) is 30.5 Å². The molecular weight excluding hydrogens is 372 g/mol. The number of para-hydroxylation sites is 1. The highest BCUT2D eigenvalue weighted by Gasteiger charge is 2.24. The van der Waals surface area contributed by atoms with Crippen LogP contribution in [0.2, 0.25) is 0 Å². The summed E-state index contributed by atoms with van der Waals surface area (Å²) in [4.78, 5) is 16.1. The number of H-pyrrole nitrogens is 1. The molecule has 1 unspecified atom stereocenters. The van der Waals surface area contributed by atoms with Gasteiger partial charge in [-0.1, -0.05) is 51.1 Å². The summed E-state index contributed by atoms with van der Waals surface area (Å²) in [5, 5.41) is 1.04. The number of hydrogen-bond donors (Lipinski definition) is 2. The van der Waals surface area contributed by atoms with E-state index >= 15 is 0 Å². The summed E-state index contributed by atoms with van der Waals surface area (Å²) >= 11 is 0. The van der Waals surface area contributed by atoms with E-state index in [4.69, 9.17) is 4.74 Å². The van der Waals surface area contributed by atoms with Gasteiger partial charge in [-0.3, -0.25) is 4.79 Å². The number of rotatable bonds is 6. The van der Waals surface area contributed by atoms with E-state index in [0.717, 1.165) is 22.0 Å². The van der Waals surface area contributed by atoms with Gasteiger partial charge in [-0.05, 0) is 34.7 Å². The Hall–Kier alpha value is -2.44. The molecule has 0 fully saturated rings. The first kappa shape index (κ1) is 20.3. The molecule has 0 amide bonds. The average Bonchev–Trinajstić information content (AvgIpc) is 3.09. The molecule has 2 aromatic carbocycles. The van der Waals surface area contributed by atoms with Crippen molar-refractivity contribution in [3.63, 3.8) is 0 Å². The van der Waals surface area contributed by atoms with Gasteiger partial charge in [0.1, 0.15) is 17.0 Å². The maximum atomic E-state index is 12.8. The molecule has 2 N–H and O–H groups in total. The molecule has 3 aromatic rings. The minimum Gasteiger partial charge on any atom is -0.468 e. The molecule has 148 valence electrons. The van der Waals surface area contributed by atoms with Gasteiger partial charge in [0.05, 0.1) is 12.0 Å². The lowest BCUT2D eigenvalue weighted by atomic mass is 9.87. The van der Waals surface area contributed by atoms with Crippen LogP contribution in [-0.4, -0.2) is 28.3 Å². The molecule has 28 heavy (non-hydrogen) atoms. The summed E-state index contributed by atoms with van der Waals surface area (Å²) in [7, 11) is -0.186. The van der Waals surface area contributed by atoms with Gasteiger partial charge in [0.2, 0.25) is 0 Å². The second kappa shape index (κ2) is 8.29. The van der Waals surface area contributed by atoms with Crippen LogP contribution in [0.15, 0.2) is 59.6 Å². The molecular formula is C22H26N2O3S. The van der Waals surface area contributed by atoms with Crippen LogP contribution >= 0.6 is 0 Å². The molecule has 3 rings (SSSR count). The average molecular weight is 399 g/mol. The van der Waals surface area contributed by atoms with E-state index < -0.39 is 23.0 Å². The molecule has 2 atom stereocenters. The van der Waals surface area contributed by atoms with E-state index in [0.29, 0.717) is 11.3 Å². The standard InChI is InChI=1S/C22H26N2O3S/c1-22(2,3)16-9-11-17(12-10-16)28(26)24-20(21(25)27-4)13-15-14-23-19-8-6-5-7-18(15)19/h5-12,14,20,23-24H,13H2,1-4H3/t20-,28?/m1/s1. The highest BCUT2D eigenvalue weighted by atomic mass is 32.2. The van der Waals surface area contributed by atoms with Crippen LogP contribution in [0.25, 0.3) is 10.9 Å². The number of esters is 1. The molecule has 0 radical (unpaired) electrons. The Morgan fingerprint density at radius 2 is 1.82 bits per heavy atom. The lowest BCUT2D eigenvalue weighted by Gasteiger charge is -2.19. The van der Waals surface area contributed by atoms with Crippen molar-refractivity contribution >= 4 is 27.9 Å². The van der Waals surface area contributed by atoms with Crippen molar-refractivity contribution in [3.8, 4) is 0 Å². The van der Waals surface area contributed by atoms with Crippen molar-refractivity contribution in [3.05, 3.63) is 65.9 Å². The lowest BCUT2D eigenvalue weighted by Crippen LogP contribution is -2.40. The van der Waals surface area contributed by atoms with Crippen molar-refractivity contribution in [1.82, 2.24) is 9.71 Å². The minimum atomic E-state index is -1.53. The SMILES string of the molecule is COC(=O)[C@@H](Cc1c[nH]c2ccccc12)NS(=O)c1ccc(C(C)(C)C)cc1. The second-order valence-corrected chi connectivity index (χ2v) is 9.04. The Labute approximate surface area is 168 Å². The first-order valence-electron chi connectivity index (χ1n) is 9.21. The molecule has 1 heterocycles. The smallest absolute Gasteiger partial charge is 0.324 e. The van der Waals surface area contributed by atoms with Gasteiger partial charge in [-0.25, -0.2) is 8.93 Å². The van der Waals surface area contributed by atoms with Gasteiger partial charge < -0.3 is 9.72 Å². The Kier molecular flexibility index (Phi) is 6.01. The van der Waals surface area contributed by atoms with Gasteiger partial charge in [-0.2, -0.15) is 0 Å². The summed E-state index contributed by atoms with van der Waals surface area (Å²) in [6.45, 7) is 6.39. The molecule has 0 aliphatic rings. The van der Waals surface area contributed by atoms with E-state index in [-0.39, 0.29) is 5.41 Å². The topological polar surface area (TPSA) is 71.2 Å². The fourth-order valence-corrected chi connectivity index (χ4v) is 4.07. The van der Waals surface area contributed by atoms with E-state index in [1.54, 1.807) is 0 Å². The number of nitrogens with one attached hydrogen (secondary N) is 2. The molecule has 0 aliphatic carbocycles. The zero-order valence-electron chi connectivity index (χ0n) is 16.6. The highest BCUT2D eigenvalue weighted by Crippen LogP contribution is 2.23. The molecule has 0 bridgehead atoms. The zero-order chi connectivity index (χ0) is 20.3. The van der Waals surface area contributed by atoms with Crippen LogP contribution in [0.3, 0.4) is 0 Å².